The van der Waals surface area contributed by atoms with Crippen LogP contribution in [-0.2, 0) is 9.53 Å². The molecule has 84 valence electrons. The maximum Gasteiger partial charge on any atom is 0.322 e. The number of hydrogen-bond donors (Lipinski definition) is 1. The van der Waals surface area contributed by atoms with E-state index in [2.05, 4.69) is 30.8 Å². The Hall–Kier alpha value is -0.570. The van der Waals surface area contributed by atoms with E-state index < -0.39 is 0 Å². The third-order valence-electron chi connectivity index (χ3n) is 2.27. The molecular formula is C11H23NO2. The first-order valence-corrected chi connectivity index (χ1v) is 5.31. The Labute approximate surface area is 87.2 Å². The van der Waals surface area contributed by atoms with Crippen molar-refractivity contribution >= 4 is 5.97 Å². The largest absolute Gasteiger partial charge is 0.468 e. The van der Waals surface area contributed by atoms with Gasteiger partial charge in [-0.1, -0.05) is 13.8 Å². The number of rotatable bonds is 6. The first-order valence-electron chi connectivity index (χ1n) is 5.31. The Bertz CT molecular complexity index is 169. The summed E-state index contributed by atoms with van der Waals surface area (Å²) in [6, 6.07) is 0.161. The number of methoxy groups -OCH3 is 1. The summed E-state index contributed by atoms with van der Waals surface area (Å²) in [5, 5.41) is 3.21. The molecule has 0 aromatic rings. The average molecular weight is 201 g/mol. The van der Waals surface area contributed by atoms with Crippen LogP contribution in [-0.4, -0.2) is 25.2 Å². The van der Waals surface area contributed by atoms with E-state index in [1.807, 2.05) is 6.92 Å². The SMILES string of the molecule is COC(=O)C(C)NC(C)CCC(C)C. The number of nitrogens with one attached hydrogen (secondary N) is 1. The summed E-state index contributed by atoms with van der Waals surface area (Å²) >= 11 is 0. The zero-order valence-corrected chi connectivity index (χ0v) is 9.96. The Kier molecular flexibility index (Phi) is 6.54. The Morgan fingerprint density at radius 2 is 1.79 bits per heavy atom. The maximum atomic E-state index is 11.1. The molecule has 2 atom stereocenters. The minimum absolute atomic E-state index is 0.193. The molecule has 0 fully saturated rings. The molecule has 3 nitrogen and oxygen atoms in total. The predicted octanol–water partition coefficient (Wildman–Crippen LogP) is 1.96. The third-order valence-corrected chi connectivity index (χ3v) is 2.27. The van der Waals surface area contributed by atoms with Crippen molar-refractivity contribution in [1.29, 1.82) is 0 Å². The lowest BCUT2D eigenvalue weighted by molar-refractivity contribution is -0.142. The number of carbonyl (C=O) groups is 1. The quantitative estimate of drug-likeness (QED) is 0.668. The minimum Gasteiger partial charge on any atom is -0.468 e. The van der Waals surface area contributed by atoms with Crippen molar-refractivity contribution < 1.29 is 9.53 Å². The number of hydrogen-bond acceptors (Lipinski definition) is 3. The normalized spacial score (nSPS) is 15.3. The van der Waals surface area contributed by atoms with E-state index in [1.54, 1.807) is 0 Å². The lowest BCUT2D eigenvalue weighted by Gasteiger charge is -2.18. The molecule has 0 aliphatic rings. The summed E-state index contributed by atoms with van der Waals surface area (Å²) < 4.78 is 4.64. The molecule has 0 aliphatic heterocycles. The predicted molar refractivity (Wildman–Crippen MR) is 58.1 cm³/mol. The number of carbonyl (C=O) groups excluding carboxylic acids is 1. The highest BCUT2D eigenvalue weighted by molar-refractivity contribution is 5.75. The summed E-state index contributed by atoms with van der Waals surface area (Å²) in [7, 11) is 1.42. The van der Waals surface area contributed by atoms with Crippen molar-refractivity contribution in [2.45, 2.75) is 52.6 Å². The van der Waals surface area contributed by atoms with Gasteiger partial charge in [-0.15, -0.1) is 0 Å². The maximum absolute atomic E-state index is 11.1. The molecule has 0 heterocycles. The first kappa shape index (κ1) is 13.4. The zero-order chi connectivity index (χ0) is 11.1. The van der Waals surface area contributed by atoms with E-state index in [1.165, 1.54) is 13.5 Å². The highest BCUT2D eigenvalue weighted by atomic mass is 16.5. The number of ether oxygens (including phenoxy) is 1. The highest BCUT2D eigenvalue weighted by Gasteiger charge is 2.15. The Morgan fingerprint density at radius 3 is 2.21 bits per heavy atom. The van der Waals surface area contributed by atoms with Gasteiger partial charge in [-0.05, 0) is 32.6 Å². The van der Waals surface area contributed by atoms with Gasteiger partial charge in [0.1, 0.15) is 6.04 Å². The molecule has 0 bridgehead atoms. The molecule has 3 heteroatoms. The van der Waals surface area contributed by atoms with Crippen LogP contribution in [0.5, 0.6) is 0 Å². The zero-order valence-electron chi connectivity index (χ0n) is 9.96. The van der Waals surface area contributed by atoms with Crippen LogP contribution in [0, 0.1) is 5.92 Å². The molecule has 2 unspecified atom stereocenters. The molecule has 0 rings (SSSR count). The van der Waals surface area contributed by atoms with Crippen molar-refractivity contribution in [2.24, 2.45) is 5.92 Å². The van der Waals surface area contributed by atoms with E-state index in [-0.39, 0.29) is 12.0 Å². The van der Waals surface area contributed by atoms with Crippen molar-refractivity contribution in [2.75, 3.05) is 7.11 Å². The van der Waals surface area contributed by atoms with Crippen LogP contribution >= 0.6 is 0 Å². The average Bonchev–Trinajstić information content (AvgIpc) is 2.13. The highest BCUT2D eigenvalue weighted by Crippen LogP contribution is 2.06. The van der Waals surface area contributed by atoms with Gasteiger partial charge in [0.2, 0.25) is 0 Å². The molecule has 0 saturated heterocycles. The van der Waals surface area contributed by atoms with Crippen LogP contribution in [0.3, 0.4) is 0 Å². The molecule has 0 radical (unpaired) electrons. The molecular weight excluding hydrogens is 178 g/mol. The van der Waals surface area contributed by atoms with E-state index in [9.17, 15) is 4.79 Å². The fourth-order valence-corrected chi connectivity index (χ4v) is 1.34. The Morgan fingerprint density at radius 1 is 1.21 bits per heavy atom. The smallest absolute Gasteiger partial charge is 0.322 e. The Balaban J connectivity index is 3.70. The lowest BCUT2D eigenvalue weighted by atomic mass is 10.0. The van der Waals surface area contributed by atoms with Gasteiger partial charge >= 0.3 is 5.97 Å². The van der Waals surface area contributed by atoms with E-state index >= 15 is 0 Å². The fraction of sp³-hybridized carbons (Fsp3) is 0.909. The van der Waals surface area contributed by atoms with Gasteiger partial charge in [-0.2, -0.15) is 0 Å². The second-order valence-electron chi connectivity index (χ2n) is 4.28. The second-order valence-corrected chi connectivity index (χ2v) is 4.28. The lowest BCUT2D eigenvalue weighted by Crippen LogP contribution is -2.40. The van der Waals surface area contributed by atoms with Crippen molar-refractivity contribution in [1.82, 2.24) is 5.32 Å². The molecule has 0 aromatic heterocycles. The van der Waals surface area contributed by atoms with Gasteiger partial charge < -0.3 is 10.1 Å². The van der Waals surface area contributed by atoms with E-state index in [0.717, 1.165) is 6.42 Å². The summed E-state index contributed by atoms with van der Waals surface area (Å²) in [5.41, 5.74) is 0. The van der Waals surface area contributed by atoms with Gasteiger partial charge in [-0.3, -0.25) is 4.79 Å². The molecule has 0 amide bonds. The van der Waals surface area contributed by atoms with Crippen LogP contribution in [0.25, 0.3) is 0 Å². The van der Waals surface area contributed by atoms with Crippen LogP contribution in [0.2, 0.25) is 0 Å². The molecule has 0 aliphatic carbocycles. The number of esters is 1. The van der Waals surface area contributed by atoms with E-state index in [4.69, 9.17) is 0 Å². The molecule has 0 spiro atoms. The van der Waals surface area contributed by atoms with Crippen LogP contribution < -0.4 is 5.32 Å². The molecule has 14 heavy (non-hydrogen) atoms. The van der Waals surface area contributed by atoms with Crippen molar-refractivity contribution in [3.05, 3.63) is 0 Å². The standard InChI is InChI=1S/C11H23NO2/c1-8(2)6-7-9(3)12-10(4)11(13)14-5/h8-10,12H,6-7H2,1-5H3. The minimum atomic E-state index is -0.206. The summed E-state index contributed by atoms with van der Waals surface area (Å²) in [6.45, 7) is 8.34. The molecule has 0 aromatic carbocycles. The fourth-order valence-electron chi connectivity index (χ4n) is 1.34. The van der Waals surface area contributed by atoms with Gasteiger partial charge in [0.25, 0.3) is 0 Å². The van der Waals surface area contributed by atoms with Gasteiger partial charge in [0, 0.05) is 6.04 Å². The summed E-state index contributed by atoms with van der Waals surface area (Å²) in [5.74, 6) is 0.522. The summed E-state index contributed by atoms with van der Waals surface area (Å²) in [4.78, 5) is 11.1. The van der Waals surface area contributed by atoms with Crippen molar-refractivity contribution in [3.63, 3.8) is 0 Å². The first-order chi connectivity index (χ1) is 6.47. The van der Waals surface area contributed by atoms with Crippen LogP contribution in [0.15, 0.2) is 0 Å². The monoisotopic (exact) mass is 201 g/mol. The second kappa shape index (κ2) is 6.82. The third kappa shape index (κ3) is 5.97. The molecule has 0 saturated carbocycles. The molecule has 1 N–H and O–H groups in total. The van der Waals surface area contributed by atoms with Gasteiger partial charge in [0.05, 0.1) is 7.11 Å². The topological polar surface area (TPSA) is 38.3 Å². The van der Waals surface area contributed by atoms with E-state index in [0.29, 0.717) is 12.0 Å². The van der Waals surface area contributed by atoms with Gasteiger partial charge in [0.15, 0.2) is 0 Å². The van der Waals surface area contributed by atoms with Crippen LogP contribution in [0.1, 0.15) is 40.5 Å². The van der Waals surface area contributed by atoms with Gasteiger partial charge in [-0.25, -0.2) is 0 Å². The summed E-state index contributed by atoms with van der Waals surface area (Å²) in [6.07, 6.45) is 2.28. The van der Waals surface area contributed by atoms with Crippen molar-refractivity contribution in [3.8, 4) is 0 Å². The van der Waals surface area contributed by atoms with Crippen LogP contribution in [0.4, 0.5) is 0 Å².